The first-order valence-corrected chi connectivity index (χ1v) is 3.94. The van der Waals surface area contributed by atoms with Gasteiger partial charge in [-0.15, -0.1) is 0 Å². The van der Waals surface area contributed by atoms with Gasteiger partial charge in [-0.1, -0.05) is 0 Å². The summed E-state index contributed by atoms with van der Waals surface area (Å²) < 4.78 is 13.5. The largest absolute Gasteiger partial charge is 0.388 e. The summed E-state index contributed by atoms with van der Waals surface area (Å²) in [6, 6.07) is 4.83. The van der Waals surface area contributed by atoms with Crippen LogP contribution in [0.25, 0.3) is 0 Å². The molecule has 0 unspecified atom stereocenters. The van der Waals surface area contributed by atoms with E-state index in [1.54, 1.807) is 7.05 Å². The molecule has 0 heterocycles. The van der Waals surface area contributed by atoms with Gasteiger partial charge in [-0.3, -0.25) is 0 Å². The van der Waals surface area contributed by atoms with Crippen LogP contribution in [-0.2, 0) is 0 Å². The van der Waals surface area contributed by atoms with Gasteiger partial charge in [-0.05, 0) is 40.8 Å². The van der Waals surface area contributed by atoms with Gasteiger partial charge in [0, 0.05) is 16.3 Å². The molecular formula is C7H7FIN. The molecule has 0 aliphatic carbocycles. The summed E-state index contributed by atoms with van der Waals surface area (Å²) in [7, 11) is 1.77. The van der Waals surface area contributed by atoms with Crippen molar-refractivity contribution in [1.29, 1.82) is 0 Å². The first-order chi connectivity index (χ1) is 4.72. The van der Waals surface area contributed by atoms with Crippen molar-refractivity contribution in [2.24, 2.45) is 0 Å². The molecule has 0 amide bonds. The van der Waals surface area contributed by atoms with Gasteiger partial charge >= 0.3 is 0 Å². The summed E-state index contributed by atoms with van der Waals surface area (Å²) in [5, 5.41) is 2.86. The Labute approximate surface area is 72.8 Å². The smallest absolute Gasteiger partial charge is 0.126 e. The number of halogens is 2. The van der Waals surface area contributed by atoms with Gasteiger partial charge in [0.15, 0.2) is 0 Å². The van der Waals surface area contributed by atoms with Crippen molar-refractivity contribution < 1.29 is 4.39 Å². The van der Waals surface area contributed by atoms with Crippen molar-refractivity contribution in [3.05, 3.63) is 27.6 Å². The molecule has 0 fully saturated rings. The Morgan fingerprint density at radius 2 is 2.10 bits per heavy atom. The third kappa shape index (κ3) is 1.83. The van der Waals surface area contributed by atoms with Crippen LogP contribution in [0.1, 0.15) is 0 Å². The van der Waals surface area contributed by atoms with E-state index in [4.69, 9.17) is 0 Å². The minimum Gasteiger partial charge on any atom is -0.388 e. The Morgan fingerprint density at radius 3 is 2.60 bits per heavy atom. The third-order valence-electron chi connectivity index (χ3n) is 1.15. The molecule has 3 heteroatoms. The van der Waals surface area contributed by atoms with Gasteiger partial charge in [-0.25, -0.2) is 4.39 Å². The number of hydrogen-bond acceptors (Lipinski definition) is 1. The van der Waals surface area contributed by atoms with Crippen LogP contribution in [0.5, 0.6) is 0 Å². The van der Waals surface area contributed by atoms with Crippen LogP contribution in [0.3, 0.4) is 0 Å². The van der Waals surface area contributed by atoms with Crippen molar-refractivity contribution in [3.8, 4) is 0 Å². The van der Waals surface area contributed by atoms with Crippen molar-refractivity contribution in [3.63, 3.8) is 0 Å². The zero-order valence-corrected chi connectivity index (χ0v) is 7.65. The van der Waals surface area contributed by atoms with Gasteiger partial charge in [0.1, 0.15) is 5.82 Å². The maximum Gasteiger partial charge on any atom is 0.126 e. The predicted molar refractivity (Wildman–Crippen MR) is 48.7 cm³/mol. The standard InChI is InChI=1S/C7H7FIN/c1-10-7-3-5(8)2-6(9)4-7/h2-4,10H,1H3. The highest BCUT2D eigenvalue weighted by molar-refractivity contribution is 14.1. The highest BCUT2D eigenvalue weighted by atomic mass is 127. The second-order valence-corrected chi connectivity index (χ2v) is 3.15. The number of anilines is 1. The molecule has 0 aromatic heterocycles. The summed E-state index contributed by atoms with van der Waals surface area (Å²) in [5.41, 5.74) is 0.810. The first-order valence-electron chi connectivity index (χ1n) is 2.86. The number of rotatable bonds is 1. The maximum atomic E-state index is 12.6. The zero-order valence-electron chi connectivity index (χ0n) is 5.49. The van der Waals surface area contributed by atoms with E-state index in [0.717, 1.165) is 9.26 Å². The van der Waals surface area contributed by atoms with E-state index >= 15 is 0 Å². The SMILES string of the molecule is CNc1cc(F)cc(I)c1. The van der Waals surface area contributed by atoms with E-state index in [2.05, 4.69) is 27.9 Å². The van der Waals surface area contributed by atoms with Crippen LogP contribution in [0.2, 0.25) is 0 Å². The fourth-order valence-corrected chi connectivity index (χ4v) is 1.33. The molecule has 0 spiro atoms. The summed E-state index contributed by atoms with van der Waals surface area (Å²) in [6.07, 6.45) is 0. The molecule has 1 aromatic carbocycles. The normalized spacial score (nSPS) is 9.50. The Balaban J connectivity index is 3.06. The lowest BCUT2D eigenvalue weighted by Crippen LogP contribution is -1.89. The van der Waals surface area contributed by atoms with E-state index in [-0.39, 0.29) is 5.82 Å². The summed E-state index contributed by atoms with van der Waals surface area (Å²) in [4.78, 5) is 0. The second-order valence-electron chi connectivity index (χ2n) is 1.91. The average molecular weight is 251 g/mol. The topological polar surface area (TPSA) is 12.0 Å². The molecule has 10 heavy (non-hydrogen) atoms. The molecule has 0 atom stereocenters. The molecule has 1 N–H and O–H groups in total. The van der Waals surface area contributed by atoms with Gasteiger partial charge in [0.2, 0.25) is 0 Å². The fraction of sp³-hybridized carbons (Fsp3) is 0.143. The molecule has 0 bridgehead atoms. The summed E-state index contributed by atoms with van der Waals surface area (Å²) in [6.45, 7) is 0. The van der Waals surface area contributed by atoms with Crippen LogP contribution >= 0.6 is 22.6 Å². The molecule has 0 saturated heterocycles. The lowest BCUT2D eigenvalue weighted by molar-refractivity contribution is 0.627. The number of nitrogens with one attached hydrogen (secondary N) is 1. The van der Waals surface area contributed by atoms with Crippen LogP contribution in [0, 0.1) is 9.39 Å². The van der Waals surface area contributed by atoms with Crippen LogP contribution in [0.15, 0.2) is 18.2 Å². The minimum atomic E-state index is -0.198. The van der Waals surface area contributed by atoms with Gasteiger partial charge in [0.25, 0.3) is 0 Å². The van der Waals surface area contributed by atoms with Crippen LogP contribution in [0.4, 0.5) is 10.1 Å². The van der Waals surface area contributed by atoms with Crippen molar-refractivity contribution in [1.82, 2.24) is 0 Å². The van der Waals surface area contributed by atoms with E-state index in [1.807, 2.05) is 6.07 Å². The molecule has 1 nitrogen and oxygen atoms in total. The fourth-order valence-electron chi connectivity index (χ4n) is 0.698. The highest BCUT2D eigenvalue weighted by Crippen LogP contribution is 2.14. The molecule has 54 valence electrons. The molecule has 0 aliphatic heterocycles. The Hall–Kier alpha value is -0.320. The highest BCUT2D eigenvalue weighted by Gasteiger charge is 1.94. The first kappa shape index (κ1) is 7.78. The van der Waals surface area contributed by atoms with Gasteiger partial charge < -0.3 is 5.32 Å². The molecule has 1 rings (SSSR count). The van der Waals surface area contributed by atoms with Crippen molar-refractivity contribution in [2.45, 2.75) is 0 Å². The Kier molecular flexibility index (Phi) is 2.48. The Morgan fingerprint density at radius 1 is 1.40 bits per heavy atom. The molecule has 0 radical (unpaired) electrons. The molecule has 0 saturated carbocycles. The van der Waals surface area contributed by atoms with Crippen molar-refractivity contribution in [2.75, 3.05) is 12.4 Å². The lowest BCUT2D eigenvalue weighted by atomic mass is 10.3. The zero-order chi connectivity index (χ0) is 7.56. The maximum absolute atomic E-state index is 12.6. The number of benzene rings is 1. The van der Waals surface area contributed by atoms with Crippen molar-refractivity contribution >= 4 is 28.3 Å². The van der Waals surface area contributed by atoms with Crippen LogP contribution < -0.4 is 5.32 Å². The van der Waals surface area contributed by atoms with E-state index < -0.39 is 0 Å². The van der Waals surface area contributed by atoms with Gasteiger partial charge in [0.05, 0.1) is 0 Å². The quantitative estimate of drug-likeness (QED) is 0.756. The molecule has 1 aromatic rings. The molecular weight excluding hydrogens is 244 g/mol. The monoisotopic (exact) mass is 251 g/mol. The summed E-state index contributed by atoms with van der Waals surface area (Å²) >= 11 is 2.07. The average Bonchev–Trinajstić information content (AvgIpc) is 1.85. The van der Waals surface area contributed by atoms with Gasteiger partial charge in [-0.2, -0.15) is 0 Å². The Bertz CT molecular complexity index is 217. The predicted octanol–water partition coefficient (Wildman–Crippen LogP) is 2.47. The van der Waals surface area contributed by atoms with E-state index in [9.17, 15) is 4.39 Å². The van der Waals surface area contributed by atoms with E-state index in [0.29, 0.717) is 0 Å². The summed E-state index contributed by atoms with van der Waals surface area (Å²) in [5.74, 6) is -0.198. The minimum absolute atomic E-state index is 0.198. The second kappa shape index (κ2) is 3.18. The lowest BCUT2D eigenvalue weighted by Gasteiger charge is -1.99. The molecule has 0 aliphatic rings. The number of hydrogen-bond donors (Lipinski definition) is 1. The van der Waals surface area contributed by atoms with E-state index in [1.165, 1.54) is 12.1 Å². The third-order valence-corrected chi connectivity index (χ3v) is 1.77. The van der Waals surface area contributed by atoms with Crippen LogP contribution in [-0.4, -0.2) is 7.05 Å².